The van der Waals surface area contributed by atoms with Gasteiger partial charge in [0.25, 0.3) is 0 Å². The van der Waals surface area contributed by atoms with Gasteiger partial charge in [-0.05, 0) is 12.5 Å². The Labute approximate surface area is 93.5 Å². The molecule has 0 amide bonds. The second kappa shape index (κ2) is 5.89. The molecule has 90 valence electrons. The average Bonchev–Trinajstić information content (AvgIpc) is 2.23. The lowest BCUT2D eigenvalue weighted by atomic mass is 10.0. The lowest BCUT2D eigenvalue weighted by molar-refractivity contribution is 0.465. The SMILES string of the molecule is CCCCC[C@@H](N)c1cc(F)cc(F)c1F. The molecule has 2 N–H and O–H groups in total. The Bertz CT molecular complexity index is 352. The van der Waals surface area contributed by atoms with Crippen LogP contribution in [0, 0.1) is 17.5 Å². The van der Waals surface area contributed by atoms with Crippen LogP contribution in [0.5, 0.6) is 0 Å². The highest BCUT2D eigenvalue weighted by molar-refractivity contribution is 5.23. The average molecular weight is 231 g/mol. The summed E-state index contributed by atoms with van der Waals surface area (Å²) in [5, 5.41) is 0. The van der Waals surface area contributed by atoms with Crippen LogP contribution in [0.1, 0.15) is 44.2 Å². The summed E-state index contributed by atoms with van der Waals surface area (Å²) in [6, 6.07) is 0.851. The van der Waals surface area contributed by atoms with E-state index in [-0.39, 0.29) is 5.56 Å². The monoisotopic (exact) mass is 231 g/mol. The fourth-order valence-electron chi connectivity index (χ4n) is 1.62. The van der Waals surface area contributed by atoms with Crippen molar-refractivity contribution >= 4 is 0 Å². The van der Waals surface area contributed by atoms with Crippen LogP contribution in [0.25, 0.3) is 0 Å². The lowest BCUT2D eigenvalue weighted by Gasteiger charge is -2.13. The first-order valence-corrected chi connectivity index (χ1v) is 5.46. The zero-order chi connectivity index (χ0) is 12.1. The zero-order valence-corrected chi connectivity index (χ0v) is 9.27. The molecule has 0 bridgehead atoms. The van der Waals surface area contributed by atoms with Crippen LogP contribution in [0.15, 0.2) is 12.1 Å². The molecule has 0 aliphatic heterocycles. The van der Waals surface area contributed by atoms with Crippen molar-refractivity contribution in [1.29, 1.82) is 0 Å². The van der Waals surface area contributed by atoms with Gasteiger partial charge in [-0.25, -0.2) is 13.2 Å². The molecule has 0 saturated carbocycles. The van der Waals surface area contributed by atoms with Crippen LogP contribution in [0.3, 0.4) is 0 Å². The Morgan fingerprint density at radius 3 is 2.50 bits per heavy atom. The summed E-state index contributed by atoms with van der Waals surface area (Å²) in [6.07, 6.45) is 3.36. The Hall–Kier alpha value is -1.03. The van der Waals surface area contributed by atoms with E-state index in [0.29, 0.717) is 12.5 Å². The van der Waals surface area contributed by atoms with Crippen molar-refractivity contribution in [3.05, 3.63) is 35.1 Å². The van der Waals surface area contributed by atoms with Gasteiger partial charge in [0.2, 0.25) is 0 Å². The molecule has 16 heavy (non-hydrogen) atoms. The number of rotatable bonds is 5. The van der Waals surface area contributed by atoms with Crippen LogP contribution in [-0.2, 0) is 0 Å². The van der Waals surface area contributed by atoms with Gasteiger partial charge in [-0.2, -0.15) is 0 Å². The standard InChI is InChI=1S/C12H16F3N/c1-2-3-4-5-11(16)9-6-8(13)7-10(14)12(9)15/h6-7,11H,2-5,16H2,1H3/t11-/m1/s1. The topological polar surface area (TPSA) is 26.0 Å². The van der Waals surface area contributed by atoms with Gasteiger partial charge >= 0.3 is 0 Å². The van der Waals surface area contributed by atoms with Crippen molar-refractivity contribution in [2.45, 2.75) is 38.6 Å². The smallest absolute Gasteiger partial charge is 0.163 e. The number of hydrogen-bond acceptors (Lipinski definition) is 1. The van der Waals surface area contributed by atoms with E-state index >= 15 is 0 Å². The lowest BCUT2D eigenvalue weighted by Crippen LogP contribution is -2.13. The van der Waals surface area contributed by atoms with Gasteiger partial charge in [0.15, 0.2) is 11.6 Å². The van der Waals surface area contributed by atoms with Crippen molar-refractivity contribution in [1.82, 2.24) is 0 Å². The van der Waals surface area contributed by atoms with Gasteiger partial charge in [0, 0.05) is 17.7 Å². The molecule has 1 atom stereocenters. The number of benzene rings is 1. The maximum absolute atomic E-state index is 13.3. The molecule has 1 aromatic carbocycles. The molecule has 0 aliphatic carbocycles. The second-order valence-electron chi connectivity index (χ2n) is 3.89. The van der Waals surface area contributed by atoms with E-state index in [1.807, 2.05) is 6.92 Å². The Morgan fingerprint density at radius 2 is 1.88 bits per heavy atom. The molecule has 1 nitrogen and oxygen atoms in total. The number of nitrogens with two attached hydrogens (primary N) is 1. The highest BCUT2D eigenvalue weighted by Gasteiger charge is 2.16. The van der Waals surface area contributed by atoms with E-state index in [1.165, 1.54) is 0 Å². The van der Waals surface area contributed by atoms with Gasteiger partial charge in [0.1, 0.15) is 5.82 Å². The first-order chi connectivity index (χ1) is 7.56. The molecule has 4 heteroatoms. The third-order valence-electron chi connectivity index (χ3n) is 2.54. The van der Waals surface area contributed by atoms with Crippen molar-refractivity contribution in [3.8, 4) is 0 Å². The predicted molar refractivity (Wildman–Crippen MR) is 57.4 cm³/mol. The fraction of sp³-hybridized carbons (Fsp3) is 0.500. The van der Waals surface area contributed by atoms with Crippen LogP contribution in [0.4, 0.5) is 13.2 Å². The maximum atomic E-state index is 13.3. The van der Waals surface area contributed by atoms with Crippen molar-refractivity contribution < 1.29 is 13.2 Å². The Kier molecular flexibility index (Phi) is 4.80. The summed E-state index contributed by atoms with van der Waals surface area (Å²) in [5.74, 6) is -3.01. The van der Waals surface area contributed by atoms with Crippen molar-refractivity contribution in [2.24, 2.45) is 5.73 Å². The number of halogens is 3. The van der Waals surface area contributed by atoms with E-state index in [9.17, 15) is 13.2 Å². The molecule has 1 rings (SSSR count). The number of hydrogen-bond donors (Lipinski definition) is 1. The molecule has 0 aromatic heterocycles. The van der Waals surface area contributed by atoms with Gasteiger partial charge in [-0.15, -0.1) is 0 Å². The summed E-state index contributed by atoms with van der Waals surface area (Å²) < 4.78 is 39.1. The third kappa shape index (κ3) is 3.23. The quantitative estimate of drug-likeness (QED) is 0.607. The molecule has 0 spiro atoms. The Morgan fingerprint density at radius 1 is 1.19 bits per heavy atom. The molecular weight excluding hydrogens is 215 g/mol. The minimum Gasteiger partial charge on any atom is -0.324 e. The van der Waals surface area contributed by atoms with Crippen molar-refractivity contribution in [3.63, 3.8) is 0 Å². The first kappa shape index (κ1) is 13.0. The van der Waals surface area contributed by atoms with E-state index in [2.05, 4.69) is 0 Å². The molecule has 1 aromatic rings. The summed E-state index contributed by atoms with van der Waals surface area (Å²) >= 11 is 0. The van der Waals surface area contributed by atoms with Gasteiger partial charge in [-0.3, -0.25) is 0 Å². The molecule has 0 unspecified atom stereocenters. The minimum atomic E-state index is -1.18. The summed E-state index contributed by atoms with van der Waals surface area (Å²) in [5.41, 5.74) is 5.63. The molecule has 0 radical (unpaired) electrons. The van der Waals surface area contributed by atoms with Crippen LogP contribution in [-0.4, -0.2) is 0 Å². The van der Waals surface area contributed by atoms with E-state index in [0.717, 1.165) is 25.3 Å². The van der Waals surface area contributed by atoms with Crippen LogP contribution in [0.2, 0.25) is 0 Å². The summed E-state index contributed by atoms with van der Waals surface area (Å²) in [4.78, 5) is 0. The fourth-order valence-corrected chi connectivity index (χ4v) is 1.62. The largest absolute Gasteiger partial charge is 0.324 e. The second-order valence-corrected chi connectivity index (χ2v) is 3.89. The third-order valence-corrected chi connectivity index (χ3v) is 2.54. The zero-order valence-electron chi connectivity index (χ0n) is 9.27. The molecular formula is C12H16F3N. The van der Waals surface area contributed by atoms with Gasteiger partial charge < -0.3 is 5.73 Å². The minimum absolute atomic E-state index is 0.0754. The molecule has 0 aliphatic rings. The first-order valence-electron chi connectivity index (χ1n) is 5.46. The van der Waals surface area contributed by atoms with Gasteiger partial charge in [-0.1, -0.05) is 26.2 Å². The van der Waals surface area contributed by atoms with E-state index in [1.54, 1.807) is 0 Å². The molecule has 0 heterocycles. The highest BCUT2D eigenvalue weighted by atomic mass is 19.2. The molecule has 0 fully saturated rings. The Balaban J connectivity index is 2.78. The summed E-state index contributed by atoms with van der Waals surface area (Å²) in [7, 11) is 0. The summed E-state index contributed by atoms with van der Waals surface area (Å²) in [6.45, 7) is 2.04. The molecule has 0 saturated heterocycles. The number of unbranched alkanes of at least 4 members (excludes halogenated alkanes) is 2. The van der Waals surface area contributed by atoms with E-state index < -0.39 is 23.5 Å². The van der Waals surface area contributed by atoms with Crippen LogP contribution >= 0.6 is 0 Å². The maximum Gasteiger partial charge on any atom is 0.163 e. The normalized spacial score (nSPS) is 12.8. The van der Waals surface area contributed by atoms with Crippen LogP contribution < -0.4 is 5.73 Å². The predicted octanol–water partition coefficient (Wildman–Crippen LogP) is 3.68. The highest BCUT2D eigenvalue weighted by Crippen LogP contribution is 2.23. The van der Waals surface area contributed by atoms with E-state index in [4.69, 9.17) is 5.73 Å². The van der Waals surface area contributed by atoms with Crippen molar-refractivity contribution in [2.75, 3.05) is 0 Å². The van der Waals surface area contributed by atoms with Gasteiger partial charge in [0.05, 0.1) is 0 Å².